The summed E-state index contributed by atoms with van der Waals surface area (Å²) in [7, 11) is 1.56. The molecule has 0 fully saturated rings. The summed E-state index contributed by atoms with van der Waals surface area (Å²) in [4.78, 5) is 33.0. The molecule has 3 heterocycles. The number of aryl methyl sites for hydroxylation is 1. The van der Waals surface area contributed by atoms with Crippen molar-refractivity contribution in [2.24, 2.45) is 0 Å². The lowest BCUT2D eigenvalue weighted by atomic mass is 10.1. The van der Waals surface area contributed by atoms with Crippen molar-refractivity contribution in [2.75, 3.05) is 20.3 Å². The van der Waals surface area contributed by atoms with Gasteiger partial charge >= 0.3 is 0 Å². The van der Waals surface area contributed by atoms with Gasteiger partial charge in [0.2, 0.25) is 5.71 Å². The minimum Gasteiger partial charge on any atom is -0.442 e. The normalized spacial score (nSPS) is 11.4. The molecule has 0 aliphatic carbocycles. The number of aromatic amines is 1. The molecule has 0 saturated carbocycles. The van der Waals surface area contributed by atoms with Crippen molar-refractivity contribution in [2.45, 2.75) is 19.9 Å². The molecule has 4 rings (SSSR count). The van der Waals surface area contributed by atoms with Crippen LogP contribution >= 0.6 is 0 Å². The molecule has 0 radical (unpaired) electrons. The summed E-state index contributed by atoms with van der Waals surface area (Å²) in [5.74, 6) is 0.0307. The van der Waals surface area contributed by atoms with Crippen molar-refractivity contribution < 1.29 is 13.9 Å². The van der Waals surface area contributed by atoms with Crippen molar-refractivity contribution in [1.29, 1.82) is 0 Å². The highest BCUT2D eigenvalue weighted by Gasteiger charge is 2.22. The van der Waals surface area contributed by atoms with Crippen molar-refractivity contribution in [3.05, 3.63) is 64.0 Å². The second kappa shape index (κ2) is 7.92. The van der Waals surface area contributed by atoms with Crippen LogP contribution in [0.5, 0.6) is 0 Å². The highest BCUT2D eigenvalue weighted by atomic mass is 16.5. The second-order valence-corrected chi connectivity index (χ2v) is 6.81. The maximum atomic E-state index is 12.8. The molecule has 1 amide bonds. The van der Waals surface area contributed by atoms with Gasteiger partial charge in [-0.1, -0.05) is 18.2 Å². The Labute approximate surface area is 166 Å². The Kier molecular flexibility index (Phi) is 5.18. The average molecular weight is 394 g/mol. The number of para-hydroxylation sites is 1. The largest absolute Gasteiger partial charge is 0.442 e. The molecule has 8 nitrogen and oxygen atoms in total. The summed E-state index contributed by atoms with van der Waals surface area (Å²) in [6.45, 7) is 2.82. The lowest BCUT2D eigenvalue weighted by molar-refractivity contribution is 0.0954. The van der Waals surface area contributed by atoms with Crippen molar-refractivity contribution in [3.8, 4) is 0 Å². The minimum absolute atomic E-state index is 0.169. The smallest absolute Gasteiger partial charge is 0.265 e. The van der Waals surface area contributed by atoms with Crippen LogP contribution in [0.1, 0.15) is 21.7 Å². The molecule has 4 aromatic rings. The number of amides is 1. The van der Waals surface area contributed by atoms with Crippen molar-refractivity contribution >= 4 is 27.9 Å². The van der Waals surface area contributed by atoms with Crippen LogP contribution in [0.25, 0.3) is 22.0 Å². The highest BCUT2D eigenvalue weighted by Crippen LogP contribution is 2.21. The number of carbonyl (C=O) groups is 1. The van der Waals surface area contributed by atoms with Gasteiger partial charge in [0.15, 0.2) is 0 Å². The van der Waals surface area contributed by atoms with E-state index in [9.17, 15) is 9.59 Å². The number of aromatic nitrogens is 3. The number of benzene rings is 1. The molecule has 0 atom stereocenters. The molecule has 8 heteroatoms. The number of hydrogen-bond acceptors (Lipinski definition) is 5. The van der Waals surface area contributed by atoms with Crippen LogP contribution in [-0.2, 0) is 17.7 Å². The molecule has 150 valence electrons. The third kappa shape index (κ3) is 3.54. The zero-order valence-corrected chi connectivity index (χ0v) is 16.3. The first-order valence-electron chi connectivity index (χ1n) is 9.41. The number of ether oxygens (including phenoxy) is 1. The highest BCUT2D eigenvalue weighted by molar-refractivity contribution is 6.06. The average Bonchev–Trinajstić information content (AvgIpc) is 3.28. The van der Waals surface area contributed by atoms with E-state index in [-0.39, 0.29) is 28.1 Å². The number of fused-ring (bicyclic) bond motifs is 2. The van der Waals surface area contributed by atoms with Gasteiger partial charge in [-0.2, -0.15) is 0 Å². The molecule has 0 spiro atoms. The Morgan fingerprint density at radius 2 is 2.17 bits per heavy atom. The SMILES string of the molecule is COCCn1cnc2oc(C)c(C(=O)NCCc3c[nH]c4ccccc34)c2c1=O. The molecular formula is C21H22N4O4. The minimum atomic E-state index is -0.343. The standard InChI is InChI=1S/C21H22N4O4/c1-13-17(18-20(29-13)24-12-25(21(18)27)9-10-28-2)19(26)22-8-7-14-11-23-16-6-4-3-5-15(14)16/h3-6,11-12,23H,7-10H2,1-2H3,(H,22,26). The topological polar surface area (TPSA) is 102 Å². The van der Waals surface area contributed by atoms with E-state index in [0.29, 0.717) is 31.9 Å². The van der Waals surface area contributed by atoms with Gasteiger partial charge in [-0.05, 0) is 25.0 Å². The fraction of sp³-hybridized carbons (Fsp3) is 0.286. The summed E-state index contributed by atoms with van der Waals surface area (Å²) >= 11 is 0. The zero-order valence-electron chi connectivity index (χ0n) is 16.3. The fourth-order valence-electron chi connectivity index (χ4n) is 3.50. The quantitative estimate of drug-likeness (QED) is 0.501. The van der Waals surface area contributed by atoms with E-state index < -0.39 is 0 Å². The summed E-state index contributed by atoms with van der Waals surface area (Å²) in [6.07, 6.45) is 4.03. The van der Waals surface area contributed by atoms with Gasteiger partial charge in [-0.3, -0.25) is 14.2 Å². The first kappa shape index (κ1) is 18.9. The van der Waals surface area contributed by atoms with E-state index >= 15 is 0 Å². The van der Waals surface area contributed by atoms with E-state index in [0.717, 1.165) is 16.5 Å². The monoisotopic (exact) mass is 394 g/mol. The van der Waals surface area contributed by atoms with E-state index in [2.05, 4.69) is 15.3 Å². The Bertz CT molecular complexity index is 1230. The number of hydrogen-bond donors (Lipinski definition) is 2. The van der Waals surface area contributed by atoms with E-state index in [1.165, 1.54) is 10.9 Å². The molecule has 0 bridgehead atoms. The van der Waals surface area contributed by atoms with Crippen LogP contribution in [0.3, 0.4) is 0 Å². The van der Waals surface area contributed by atoms with Crippen LogP contribution in [0.2, 0.25) is 0 Å². The molecule has 3 aromatic heterocycles. The first-order chi connectivity index (χ1) is 14.1. The molecule has 0 aliphatic heterocycles. The van der Waals surface area contributed by atoms with Crippen LogP contribution < -0.4 is 10.9 Å². The van der Waals surface area contributed by atoms with Crippen LogP contribution in [0, 0.1) is 6.92 Å². The maximum absolute atomic E-state index is 12.8. The Morgan fingerprint density at radius 3 is 3.00 bits per heavy atom. The van der Waals surface area contributed by atoms with Gasteiger partial charge in [0.25, 0.3) is 11.5 Å². The number of rotatable bonds is 7. The molecule has 0 saturated heterocycles. The van der Waals surface area contributed by atoms with Gasteiger partial charge in [0.1, 0.15) is 17.5 Å². The molecule has 29 heavy (non-hydrogen) atoms. The van der Waals surface area contributed by atoms with Gasteiger partial charge in [-0.15, -0.1) is 0 Å². The number of nitrogens with one attached hydrogen (secondary N) is 2. The van der Waals surface area contributed by atoms with E-state index in [1.54, 1.807) is 14.0 Å². The second-order valence-electron chi connectivity index (χ2n) is 6.81. The van der Waals surface area contributed by atoms with Crippen LogP contribution in [0.4, 0.5) is 0 Å². The Morgan fingerprint density at radius 1 is 1.34 bits per heavy atom. The lowest BCUT2D eigenvalue weighted by Gasteiger charge is -2.06. The zero-order chi connectivity index (χ0) is 20.4. The summed E-state index contributed by atoms with van der Waals surface area (Å²) < 4.78 is 12.0. The van der Waals surface area contributed by atoms with Crippen molar-refractivity contribution in [3.63, 3.8) is 0 Å². The van der Waals surface area contributed by atoms with Gasteiger partial charge in [0, 0.05) is 30.8 Å². The predicted molar refractivity (Wildman–Crippen MR) is 109 cm³/mol. The van der Waals surface area contributed by atoms with Crippen LogP contribution in [0.15, 0.2) is 46.0 Å². The number of nitrogens with zero attached hydrogens (tertiary/aromatic N) is 2. The van der Waals surface area contributed by atoms with Gasteiger partial charge < -0.3 is 19.5 Å². The Hall–Kier alpha value is -3.39. The van der Waals surface area contributed by atoms with Gasteiger partial charge in [-0.25, -0.2) is 4.98 Å². The lowest BCUT2D eigenvalue weighted by Crippen LogP contribution is -2.28. The number of furan rings is 1. The predicted octanol–water partition coefficient (Wildman–Crippen LogP) is 2.40. The third-order valence-electron chi connectivity index (χ3n) is 4.97. The molecule has 0 unspecified atom stereocenters. The number of H-pyrrole nitrogens is 1. The summed E-state index contributed by atoms with van der Waals surface area (Å²) in [6, 6.07) is 8.02. The Balaban J connectivity index is 1.55. The molecule has 2 N–H and O–H groups in total. The first-order valence-corrected chi connectivity index (χ1v) is 9.41. The molecule has 0 aliphatic rings. The van der Waals surface area contributed by atoms with E-state index in [1.807, 2.05) is 30.5 Å². The summed E-state index contributed by atoms with van der Waals surface area (Å²) in [5, 5.41) is 4.23. The fourth-order valence-corrected chi connectivity index (χ4v) is 3.50. The van der Waals surface area contributed by atoms with Gasteiger partial charge in [0.05, 0.1) is 18.7 Å². The van der Waals surface area contributed by atoms with Crippen molar-refractivity contribution in [1.82, 2.24) is 19.9 Å². The molecule has 1 aromatic carbocycles. The number of carbonyl (C=O) groups excluding carboxylic acids is 1. The molecular weight excluding hydrogens is 372 g/mol. The maximum Gasteiger partial charge on any atom is 0.265 e. The summed E-state index contributed by atoms with van der Waals surface area (Å²) in [5.41, 5.74) is 2.28. The number of methoxy groups -OCH3 is 1. The van der Waals surface area contributed by atoms with E-state index in [4.69, 9.17) is 9.15 Å². The third-order valence-corrected chi connectivity index (χ3v) is 4.97. The van der Waals surface area contributed by atoms with Crippen LogP contribution in [-0.4, -0.2) is 40.7 Å².